The van der Waals surface area contributed by atoms with Gasteiger partial charge in [0.25, 0.3) is 0 Å². The Kier molecular flexibility index (Phi) is 5.72. The second-order valence-electron chi connectivity index (χ2n) is 10.2. The van der Waals surface area contributed by atoms with Crippen molar-refractivity contribution in [2.45, 2.75) is 103 Å². The molecule has 4 aliphatic rings. The van der Waals surface area contributed by atoms with Gasteiger partial charge in [-0.25, -0.2) is 8.78 Å². The summed E-state index contributed by atoms with van der Waals surface area (Å²) in [5.74, 6) is 4.34. The Morgan fingerprint density at radius 2 is 1.04 bits per heavy atom. The van der Waals surface area contributed by atoms with E-state index in [0.29, 0.717) is 5.92 Å². The van der Waals surface area contributed by atoms with Crippen LogP contribution in [0, 0.1) is 41.4 Å². The maximum absolute atomic E-state index is 14.5. The number of hydrogen-bond acceptors (Lipinski definition) is 0. The van der Waals surface area contributed by atoms with Crippen LogP contribution in [0.1, 0.15) is 90.4 Å². The van der Waals surface area contributed by atoms with Gasteiger partial charge in [0.2, 0.25) is 0 Å². The SMILES string of the molecule is CC1CCC(C2CCC(C3CCC(CC4CC4)CC3)CC2)C(F)C1F. The highest BCUT2D eigenvalue weighted by molar-refractivity contribution is 4.92. The molecule has 4 saturated carbocycles. The third-order valence-corrected chi connectivity index (χ3v) is 8.56. The Morgan fingerprint density at radius 1 is 0.560 bits per heavy atom. The van der Waals surface area contributed by atoms with Gasteiger partial charge in [-0.15, -0.1) is 0 Å². The summed E-state index contributed by atoms with van der Waals surface area (Å²) in [6.07, 6.45) is 14.7. The van der Waals surface area contributed by atoms with E-state index in [1.54, 1.807) is 0 Å². The van der Waals surface area contributed by atoms with Crippen LogP contribution < -0.4 is 0 Å². The zero-order valence-electron chi connectivity index (χ0n) is 16.1. The molecule has 4 aliphatic carbocycles. The van der Waals surface area contributed by atoms with Crippen molar-refractivity contribution >= 4 is 0 Å². The lowest BCUT2D eigenvalue weighted by Crippen LogP contribution is -2.41. The molecule has 0 N–H and O–H groups in total. The van der Waals surface area contributed by atoms with Gasteiger partial charge in [0, 0.05) is 0 Å². The molecule has 0 heterocycles. The molecule has 25 heavy (non-hydrogen) atoms. The van der Waals surface area contributed by atoms with Gasteiger partial charge in [0.15, 0.2) is 0 Å². The molecule has 0 saturated heterocycles. The zero-order chi connectivity index (χ0) is 17.4. The quantitative estimate of drug-likeness (QED) is 0.505. The van der Waals surface area contributed by atoms with E-state index >= 15 is 0 Å². The first-order valence-electron chi connectivity index (χ1n) is 11.4. The summed E-state index contributed by atoms with van der Waals surface area (Å²) in [5.41, 5.74) is 0. The van der Waals surface area contributed by atoms with Gasteiger partial charge >= 0.3 is 0 Å². The lowest BCUT2D eigenvalue weighted by molar-refractivity contribution is -0.0101. The Bertz CT molecular complexity index is 416. The summed E-state index contributed by atoms with van der Waals surface area (Å²) in [6, 6.07) is 0. The van der Waals surface area contributed by atoms with E-state index in [-0.39, 0.29) is 11.8 Å². The van der Waals surface area contributed by atoms with E-state index in [4.69, 9.17) is 0 Å². The Hall–Kier alpha value is -0.140. The molecule has 4 unspecified atom stereocenters. The summed E-state index contributed by atoms with van der Waals surface area (Å²) in [7, 11) is 0. The molecule has 0 bridgehead atoms. The molecule has 4 rings (SSSR count). The molecule has 4 fully saturated rings. The lowest BCUT2D eigenvalue weighted by Gasteiger charge is -2.43. The van der Waals surface area contributed by atoms with Gasteiger partial charge in [0.05, 0.1) is 0 Å². The van der Waals surface area contributed by atoms with Crippen molar-refractivity contribution in [1.82, 2.24) is 0 Å². The fourth-order valence-corrected chi connectivity index (χ4v) is 6.58. The first kappa shape index (κ1) is 18.2. The van der Waals surface area contributed by atoms with Crippen molar-refractivity contribution in [2.24, 2.45) is 41.4 Å². The number of rotatable bonds is 4. The standard InChI is InChI=1S/C23H38F2/c1-15-2-13-21(23(25)22(15)24)20-11-9-19(10-12-20)18-7-5-17(6-8-18)14-16-3-4-16/h15-23H,2-14H2,1H3. The van der Waals surface area contributed by atoms with E-state index in [0.717, 1.165) is 36.5 Å². The molecular formula is C23H38F2. The molecule has 0 radical (unpaired) electrons. The van der Waals surface area contributed by atoms with Crippen LogP contribution in [0.5, 0.6) is 0 Å². The van der Waals surface area contributed by atoms with Crippen molar-refractivity contribution < 1.29 is 8.78 Å². The van der Waals surface area contributed by atoms with Gasteiger partial charge < -0.3 is 0 Å². The van der Waals surface area contributed by atoms with E-state index in [2.05, 4.69) is 0 Å². The molecule has 144 valence electrons. The third-order valence-electron chi connectivity index (χ3n) is 8.56. The van der Waals surface area contributed by atoms with E-state index in [1.807, 2.05) is 6.92 Å². The number of halogens is 2. The molecule has 0 spiro atoms. The molecule has 0 aliphatic heterocycles. The third kappa shape index (κ3) is 4.24. The van der Waals surface area contributed by atoms with Crippen LogP contribution in [0.4, 0.5) is 8.78 Å². The predicted octanol–water partition coefficient (Wildman–Crippen LogP) is 7.12. The van der Waals surface area contributed by atoms with E-state index in [1.165, 1.54) is 70.6 Å². The minimum Gasteiger partial charge on any atom is -0.244 e. The topological polar surface area (TPSA) is 0 Å². The normalized spacial score (nSPS) is 49.1. The largest absolute Gasteiger partial charge is 0.244 e. The van der Waals surface area contributed by atoms with Crippen molar-refractivity contribution in [3.63, 3.8) is 0 Å². The summed E-state index contributed by atoms with van der Waals surface area (Å²) < 4.78 is 28.6. The first-order chi connectivity index (χ1) is 12.1. The van der Waals surface area contributed by atoms with Crippen molar-refractivity contribution in [1.29, 1.82) is 0 Å². The number of alkyl halides is 2. The van der Waals surface area contributed by atoms with Gasteiger partial charge in [0.1, 0.15) is 12.3 Å². The highest BCUT2D eigenvalue weighted by atomic mass is 19.2. The average Bonchev–Trinajstić information content (AvgIpc) is 3.45. The van der Waals surface area contributed by atoms with Crippen LogP contribution in [-0.4, -0.2) is 12.3 Å². The summed E-state index contributed by atoms with van der Waals surface area (Å²) in [5, 5.41) is 0. The predicted molar refractivity (Wildman–Crippen MR) is 99.9 cm³/mol. The van der Waals surface area contributed by atoms with Gasteiger partial charge in [-0.1, -0.05) is 32.6 Å². The minimum atomic E-state index is -1.21. The second kappa shape index (κ2) is 7.85. The fraction of sp³-hybridized carbons (Fsp3) is 1.00. The highest BCUT2D eigenvalue weighted by Crippen LogP contribution is 2.48. The summed E-state index contributed by atoms with van der Waals surface area (Å²) >= 11 is 0. The average molecular weight is 353 g/mol. The van der Waals surface area contributed by atoms with Gasteiger partial charge in [-0.05, 0) is 99.2 Å². The van der Waals surface area contributed by atoms with Crippen molar-refractivity contribution in [2.75, 3.05) is 0 Å². The fourth-order valence-electron chi connectivity index (χ4n) is 6.58. The van der Waals surface area contributed by atoms with Gasteiger partial charge in [-0.3, -0.25) is 0 Å². The molecule has 2 heteroatoms. The Morgan fingerprint density at radius 3 is 1.60 bits per heavy atom. The second-order valence-corrected chi connectivity index (χ2v) is 10.2. The van der Waals surface area contributed by atoms with E-state index in [9.17, 15) is 8.78 Å². The molecule has 0 aromatic rings. The molecule has 0 aromatic heterocycles. The van der Waals surface area contributed by atoms with Crippen molar-refractivity contribution in [3.05, 3.63) is 0 Å². The highest BCUT2D eigenvalue weighted by Gasteiger charge is 2.43. The maximum Gasteiger partial charge on any atom is 0.134 e. The van der Waals surface area contributed by atoms with Crippen LogP contribution >= 0.6 is 0 Å². The smallest absolute Gasteiger partial charge is 0.134 e. The molecule has 0 aromatic carbocycles. The first-order valence-corrected chi connectivity index (χ1v) is 11.4. The van der Waals surface area contributed by atoms with Crippen LogP contribution in [0.3, 0.4) is 0 Å². The minimum absolute atomic E-state index is 0.0152. The maximum atomic E-state index is 14.5. The summed E-state index contributed by atoms with van der Waals surface area (Å²) in [4.78, 5) is 0. The molecule has 0 nitrogen and oxygen atoms in total. The van der Waals surface area contributed by atoms with Crippen LogP contribution in [0.25, 0.3) is 0 Å². The van der Waals surface area contributed by atoms with Crippen LogP contribution in [0.15, 0.2) is 0 Å². The lowest BCUT2D eigenvalue weighted by atomic mass is 9.64. The van der Waals surface area contributed by atoms with Crippen LogP contribution in [-0.2, 0) is 0 Å². The van der Waals surface area contributed by atoms with Crippen LogP contribution in [0.2, 0.25) is 0 Å². The Labute approximate surface area is 153 Å². The van der Waals surface area contributed by atoms with E-state index < -0.39 is 12.3 Å². The Balaban J connectivity index is 1.22. The van der Waals surface area contributed by atoms with Gasteiger partial charge in [-0.2, -0.15) is 0 Å². The van der Waals surface area contributed by atoms with Crippen molar-refractivity contribution in [3.8, 4) is 0 Å². The zero-order valence-corrected chi connectivity index (χ0v) is 16.1. The summed E-state index contributed by atoms with van der Waals surface area (Å²) in [6.45, 7) is 1.88. The molecule has 0 amide bonds. The molecule has 4 atom stereocenters. The monoisotopic (exact) mass is 352 g/mol. The molecular weight excluding hydrogens is 314 g/mol. The number of hydrogen-bond donors (Lipinski definition) is 0.